The first-order chi connectivity index (χ1) is 34.0. The Morgan fingerprint density at radius 2 is 0.565 bits per heavy atom. The van der Waals surface area contributed by atoms with Crippen LogP contribution < -0.4 is 0 Å². The lowest BCUT2D eigenvalue weighted by Gasteiger charge is -2.18. The Bertz CT molecular complexity index is 1380. The minimum Gasteiger partial charge on any atom is -0.462 e. The van der Waals surface area contributed by atoms with Crippen molar-refractivity contribution in [1.82, 2.24) is 0 Å². The summed E-state index contributed by atoms with van der Waals surface area (Å²) in [5.74, 6) is -0.938. The molecular weight excluding hydrogens is 853 g/mol. The van der Waals surface area contributed by atoms with Crippen LogP contribution in [-0.4, -0.2) is 37.2 Å². The Morgan fingerprint density at radius 3 is 0.942 bits per heavy atom. The number of hydrogen-bond acceptors (Lipinski definition) is 6. The first-order valence-corrected chi connectivity index (χ1v) is 28.7. The molecule has 0 aromatic carbocycles. The van der Waals surface area contributed by atoms with Gasteiger partial charge in [0.1, 0.15) is 13.2 Å². The second-order valence-electron chi connectivity index (χ2n) is 18.8. The molecule has 0 N–H and O–H groups in total. The standard InChI is InChI=1S/C63H106O6/c1-4-7-10-13-16-19-22-25-27-29-31-33-35-38-40-43-46-49-52-55-61(64)67-58-60(69-63(66)57-54-51-48-45-42-37-24-21-18-15-12-9-6-3)59-68-62(65)56-53-50-47-44-41-39-36-34-32-30-28-26-23-20-17-14-11-8-5-2/h7,10,16-17,19-21,24-28,31,33,38,40,60H,4-6,8-9,11-15,18,22-23,29-30,32,34-37,39,41-59H2,1-3H3/b10-7-,19-16-,20-17-,24-21-,27-25-,28-26-,33-31-,40-38-/t60-/m1/s1. The highest BCUT2D eigenvalue weighted by atomic mass is 16.6. The van der Waals surface area contributed by atoms with E-state index in [1.807, 2.05) is 0 Å². The van der Waals surface area contributed by atoms with Crippen LogP contribution in [0.2, 0.25) is 0 Å². The van der Waals surface area contributed by atoms with Crippen molar-refractivity contribution < 1.29 is 28.6 Å². The number of allylic oxidation sites excluding steroid dienone is 16. The smallest absolute Gasteiger partial charge is 0.306 e. The Hall–Kier alpha value is -3.67. The predicted octanol–water partition coefficient (Wildman–Crippen LogP) is 19.3. The zero-order valence-electron chi connectivity index (χ0n) is 45.0. The molecule has 0 radical (unpaired) electrons. The van der Waals surface area contributed by atoms with Crippen LogP contribution in [0.4, 0.5) is 0 Å². The van der Waals surface area contributed by atoms with Gasteiger partial charge in [0, 0.05) is 19.3 Å². The molecule has 69 heavy (non-hydrogen) atoms. The van der Waals surface area contributed by atoms with E-state index in [4.69, 9.17) is 14.2 Å². The number of unbranched alkanes of at least 4 members (excludes halogenated alkanes) is 24. The van der Waals surface area contributed by atoms with Gasteiger partial charge >= 0.3 is 17.9 Å². The van der Waals surface area contributed by atoms with E-state index in [2.05, 4.69) is 118 Å². The summed E-state index contributed by atoms with van der Waals surface area (Å²) in [5.41, 5.74) is 0. The minimum atomic E-state index is -0.798. The summed E-state index contributed by atoms with van der Waals surface area (Å²) < 4.78 is 16.8. The second kappa shape index (κ2) is 56.9. The molecule has 0 aromatic rings. The molecular formula is C63H106O6. The van der Waals surface area contributed by atoms with Gasteiger partial charge in [0.15, 0.2) is 6.10 Å². The fourth-order valence-corrected chi connectivity index (χ4v) is 7.73. The fraction of sp³-hybridized carbons (Fsp3) is 0.698. The van der Waals surface area contributed by atoms with Crippen LogP contribution in [0.25, 0.3) is 0 Å². The summed E-state index contributed by atoms with van der Waals surface area (Å²) in [7, 11) is 0. The number of carbonyl (C=O) groups excluding carboxylic acids is 3. The molecule has 0 fully saturated rings. The van der Waals surface area contributed by atoms with E-state index >= 15 is 0 Å². The van der Waals surface area contributed by atoms with Gasteiger partial charge < -0.3 is 14.2 Å². The van der Waals surface area contributed by atoms with Gasteiger partial charge in [-0.1, -0.05) is 221 Å². The van der Waals surface area contributed by atoms with E-state index in [0.717, 1.165) is 116 Å². The summed E-state index contributed by atoms with van der Waals surface area (Å²) >= 11 is 0. The first-order valence-electron chi connectivity index (χ1n) is 28.7. The Labute approximate surface area is 426 Å². The van der Waals surface area contributed by atoms with E-state index in [0.29, 0.717) is 19.3 Å². The SMILES string of the molecule is CC/C=C\C/C=C\C/C=C\C/C=C\C/C=C\CCCCCC(=O)OC[C@H](COC(=O)CCCCCCCCCCC/C=C\C/C=C\CCCCC)OC(=O)CCCCCCC/C=C\CCCCCC. The molecule has 0 amide bonds. The molecule has 0 aliphatic rings. The molecule has 0 saturated carbocycles. The lowest BCUT2D eigenvalue weighted by Crippen LogP contribution is -2.30. The molecule has 1 atom stereocenters. The second-order valence-corrected chi connectivity index (χ2v) is 18.8. The van der Waals surface area contributed by atoms with Gasteiger partial charge in [-0.15, -0.1) is 0 Å². The van der Waals surface area contributed by atoms with Crippen molar-refractivity contribution >= 4 is 17.9 Å². The summed E-state index contributed by atoms with van der Waals surface area (Å²) in [6, 6.07) is 0. The van der Waals surface area contributed by atoms with Crippen molar-refractivity contribution in [2.75, 3.05) is 13.2 Å². The number of hydrogen-bond donors (Lipinski definition) is 0. The van der Waals surface area contributed by atoms with Crippen LogP contribution in [0.15, 0.2) is 97.2 Å². The van der Waals surface area contributed by atoms with Gasteiger partial charge in [0.2, 0.25) is 0 Å². The lowest BCUT2D eigenvalue weighted by atomic mass is 10.1. The Kier molecular flexibility index (Phi) is 53.9. The van der Waals surface area contributed by atoms with Gasteiger partial charge in [-0.25, -0.2) is 0 Å². The highest BCUT2D eigenvalue weighted by Gasteiger charge is 2.19. The van der Waals surface area contributed by atoms with Crippen LogP contribution in [0.5, 0.6) is 0 Å². The van der Waals surface area contributed by atoms with E-state index in [-0.39, 0.29) is 31.1 Å². The third kappa shape index (κ3) is 55.1. The maximum atomic E-state index is 12.8. The van der Waals surface area contributed by atoms with Crippen molar-refractivity contribution in [3.8, 4) is 0 Å². The largest absolute Gasteiger partial charge is 0.462 e. The fourth-order valence-electron chi connectivity index (χ4n) is 7.73. The van der Waals surface area contributed by atoms with Crippen LogP contribution in [0.3, 0.4) is 0 Å². The van der Waals surface area contributed by atoms with Crippen molar-refractivity contribution in [2.45, 2.75) is 271 Å². The molecule has 0 spiro atoms. The molecule has 0 heterocycles. The molecule has 394 valence electrons. The monoisotopic (exact) mass is 959 g/mol. The molecule has 0 saturated heterocycles. The van der Waals surface area contributed by atoms with Crippen LogP contribution >= 0.6 is 0 Å². The van der Waals surface area contributed by atoms with Crippen LogP contribution in [0, 0.1) is 0 Å². The zero-order valence-corrected chi connectivity index (χ0v) is 45.0. The minimum absolute atomic E-state index is 0.0941. The van der Waals surface area contributed by atoms with Gasteiger partial charge in [0.25, 0.3) is 0 Å². The molecule has 6 heteroatoms. The first kappa shape index (κ1) is 65.3. The molecule has 6 nitrogen and oxygen atoms in total. The summed E-state index contributed by atoms with van der Waals surface area (Å²) in [5, 5.41) is 0. The van der Waals surface area contributed by atoms with Crippen molar-refractivity contribution in [3.63, 3.8) is 0 Å². The number of esters is 3. The number of ether oxygens (including phenoxy) is 3. The molecule has 0 aromatic heterocycles. The summed E-state index contributed by atoms with van der Waals surface area (Å²) in [6.07, 6.45) is 75.3. The van der Waals surface area contributed by atoms with Crippen LogP contribution in [0.1, 0.15) is 265 Å². The lowest BCUT2D eigenvalue weighted by molar-refractivity contribution is -0.167. The van der Waals surface area contributed by atoms with E-state index in [9.17, 15) is 14.4 Å². The Balaban J connectivity index is 4.43. The molecule has 0 aliphatic carbocycles. The molecule has 0 bridgehead atoms. The van der Waals surface area contributed by atoms with Crippen LogP contribution in [-0.2, 0) is 28.6 Å². The van der Waals surface area contributed by atoms with Gasteiger partial charge in [0.05, 0.1) is 0 Å². The van der Waals surface area contributed by atoms with Crippen molar-refractivity contribution in [1.29, 1.82) is 0 Å². The third-order valence-electron chi connectivity index (χ3n) is 12.0. The summed E-state index contributed by atoms with van der Waals surface area (Å²) in [6.45, 7) is 6.45. The molecule has 0 aliphatic heterocycles. The average Bonchev–Trinajstić information content (AvgIpc) is 3.35. The molecule has 0 unspecified atom stereocenters. The quantitative estimate of drug-likeness (QED) is 0.0262. The van der Waals surface area contributed by atoms with E-state index in [1.54, 1.807) is 0 Å². The third-order valence-corrected chi connectivity index (χ3v) is 12.0. The van der Waals surface area contributed by atoms with E-state index in [1.165, 1.54) is 109 Å². The molecule has 0 rings (SSSR count). The van der Waals surface area contributed by atoms with Gasteiger partial charge in [-0.2, -0.15) is 0 Å². The number of rotatable bonds is 51. The van der Waals surface area contributed by atoms with Gasteiger partial charge in [-0.3, -0.25) is 14.4 Å². The van der Waals surface area contributed by atoms with Crippen molar-refractivity contribution in [3.05, 3.63) is 97.2 Å². The van der Waals surface area contributed by atoms with Gasteiger partial charge in [-0.05, 0) is 122 Å². The normalized spacial score (nSPS) is 12.8. The summed E-state index contributed by atoms with van der Waals surface area (Å²) in [4.78, 5) is 38.1. The number of carbonyl (C=O) groups is 3. The average molecular weight is 960 g/mol. The maximum absolute atomic E-state index is 12.8. The highest BCUT2D eigenvalue weighted by molar-refractivity contribution is 5.71. The zero-order chi connectivity index (χ0) is 50.0. The topological polar surface area (TPSA) is 78.9 Å². The predicted molar refractivity (Wildman–Crippen MR) is 297 cm³/mol. The maximum Gasteiger partial charge on any atom is 0.306 e. The van der Waals surface area contributed by atoms with Crippen molar-refractivity contribution in [2.24, 2.45) is 0 Å². The van der Waals surface area contributed by atoms with E-state index < -0.39 is 6.10 Å². The highest BCUT2D eigenvalue weighted by Crippen LogP contribution is 2.14. The Morgan fingerprint density at radius 1 is 0.304 bits per heavy atom.